The SMILES string of the molecule is CCOC(=O)CN(CC(=N)/C=C(\Nc1ccccc1Cl)c1ccc(-c2cccc(S(C)(=O)=O)c2)s1)Cc1ccccc1. The van der Waals surface area contributed by atoms with E-state index in [1.54, 1.807) is 37.3 Å². The molecule has 42 heavy (non-hydrogen) atoms. The minimum Gasteiger partial charge on any atom is -0.465 e. The minimum atomic E-state index is -3.35. The maximum atomic E-state index is 12.4. The number of esters is 1. The molecule has 0 aliphatic carbocycles. The fourth-order valence-corrected chi connectivity index (χ4v) is 6.08. The lowest BCUT2D eigenvalue weighted by Crippen LogP contribution is -2.34. The summed E-state index contributed by atoms with van der Waals surface area (Å²) in [6, 6.07) is 27.8. The largest absolute Gasteiger partial charge is 0.465 e. The molecule has 2 N–H and O–H groups in total. The van der Waals surface area contributed by atoms with E-state index in [-0.39, 0.29) is 36.3 Å². The third-order valence-corrected chi connectivity index (χ3v) is 8.79. The molecule has 0 aliphatic rings. The van der Waals surface area contributed by atoms with E-state index in [0.29, 0.717) is 23.0 Å². The fourth-order valence-electron chi connectivity index (χ4n) is 4.25. The molecule has 0 unspecified atom stereocenters. The first-order valence-corrected chi connectivity index (χ1v) is 16.3. The zero-order chi connectivity index (χ0) is 30.1. The van der Waals surface area contributed by atoms with Crippen molar-refractivity contribution in [3.8, 4) is 10.4 Å². The van der Waals surface area contributed by atoms with Gasteiger partial charge in [0.15, 0.2) is 9.84 Å². The normalized spacial score (nSPS) is 11.9. The molecule has 0 saturated heterocycles. The second kappa shape index (κ2) is 14.4. The molecule has 0 amide bonds. The van der Waals surface area contributed by atoms with Gasteiger partial charge in [0.2, 0.25) is 0 Å². The number of nitrogens with zero attached hydrogens (tertiary/aromatic N) is 1. The molecule has 1 aromatic heterocycles. The van der Waals surface area contributed by atoms with Crippen molar-refractivity contribution >= 4 is 55.8 Å². The van der Waals surface area contributed by atoms with Gasteiger partial charge in [0.1, 0.15) is 0 Å². The molecule has 218 valence electrons. The molecule has 0 bridgehead atoms. The second-order valence-corrected chi connectivity index (χ2v) is 13.1. The van der Waals surface area contributed by atoms with Crippen LogP contribution in [0.15, 0.2) is 102 Å². The van der Waals surface area contributed by atoms with Crippen LogP contribution in [0.1, 0.15) is 17.4 Å². The highest BCUT2D eigenvalue weighted by molar-refractivity contribution is 7.90. The summed E-state index contributed by atoms with van der Waals surface area (Å²) in [5, 5.41) is 12.8. The van der Waals surface area contributed by atoms with Gasteiger partial charge in [-0.05, 0) is 60.5 Å². The van der Waals surface area contributed by atoms with Gasteiger partial charge in [0, 0.05) is 29.9 Å². The average molecular weight is 622 g/mol. The van der Waals surface area contributed by atoms with Crippen molar-refractivity contribution in [2.45, 2.75) is 18.4 Å². The van der Waals surface area contributed by atoms with E-state index in [0.717, 1.165) is 20.9 Å². The summed E-state index contributed by atoms with van der Waals surface area (Å²) in [7, 11) is -3.35. The molecule has 0 atom stereocenters. The molecule has 7 nitrogen and oxygen atoms in total. The van der Waals surface area contributed by atoms with Gasteiger partial charge in [-0.1, -0.05) is 66.2 Å². The Hall–Kier alpha value is -3.76. The number of rotatable bonds is 13. The predicted octanol–water partition coefficient (Wildman–Crippen LogP) is 7.01. The van der Waals surface area contributed by atoms with E-state index in [2.05, 4.69) is 5.32 Å². The van der Waals surface area contributed by atoms with Gasteiger partial charge in [-0.2, -0.15) is 0 Å². The molecule has 4 aromatic rings. The second-order valence-electron chi connectivity index (χ2n) is 9.59. The Morgan fingerprint density at radius 2 is 1.74 bits per heavy atom. The Kier molecular flexibility index (Phi) is 10.7. The Morgan fingerprint density at radius 1 is 1.00 bits per heavy atom. The Bertz CT molecular complexity index is 1680. The highest BCUT2D eigenvalue weighted by Gasteiger charge is 2.16. The highest BCUT2D eigenvalue weighted by atomic mass is 35.5. The number of thiophene rings is 1. The van der Waals surface area contributed by atoms with Crippen LogP contribution < -0.4 is 5.32 Å². The zero-order valence-corrected chi connectivity index (χ0v) is 25.7. The summed E-state index contributed by atoms with van der Waals surface area (Å²) in [5.74, 6) is -0.348. The van der Waals surface area contributed by atoms with Crippen LogP contribution >= 0.6 is 22.9 Å². The summed E-state index contributed by atoms with van der Waals surface area (Å²) in [6.45, 7) is 2.78. The molecular formula is C32H32ClN3O4S2. The molecule has 3 aromatic carbocycles. The van der Waals surface area contributed by atoms with Gasteiger partial charge < -0.3 is 15.5 Å². The van der Waals surface area contributed by atoms with E-state index in [1.807, 2.05) is 71.6 Å². The molecule has 10 heteroatoms. The first kappa shape index (κ1) is 31.2. The third-order valence-electron chi connectivity index (χ3n) is 6.18. The lowest BCUT2D eigenvalue weighted by Gasteiger charge is -2.21. The van der Waals surface area contributed by atoms with Gasteiger partial charge in [0.05, 0.1) is 39.3 Å². The van der Waals surface area contributed by atoms with E-state index in [4.69, 9.17) is 21.7 Å². The Balaban J connectivity index is 1.65. The first-order valence-electron chi connectivity index (χ1n) is 13.3. The van der Waals surface area contributed by atoms with Crippen molar-refractivity contribution in [1.29, 1.82) is 5.41 Å². The topological polar surface area (TPSA) is 99.6 Å². The highest BCUT2D eigenvalue weighted by Crippen LogP contribution is 2.34. The molecule has 0 saturated carbocycles. The number of para-hydroxylation sites is 1. The number of halogens is 1. The van der Waals surface area contributed by atoms with Gasteiger partial charge in [-0.3, -0.25) is 9.69 Å². The lowest BCUT2D eigenvalue weighted by atomic mass is 10.1. The van der Waals surface area contributed by atoms with Crippen molar-refractivity contribution in [2.75, 3.05) is 31.3 Å². The molecule has 1 heterocycles. The van der Waals surface area contributed by atoms with Crippen molar-refractivity contribution in [3.05, 3.63) is 113 Å². The van der Waals surface area contributed by atoms with Crippen molar-refractivity contribution in [2.24, 2.45) is 0 Å². The van der Waals surface area contributed by atoms with Crippen LogP contribution in [-0.4, -0.2) is 51.0 Å². The third kappa shape index (κ3) is 8.87. The van der Waals surface area contributed by atoms with Crippen LogP contribution in [0.5, 0.6) is 0 Å². The van der Waals surface area contributed by atoms with Gasteiger partial charge in [-0.15, -0.1) is 11.3 Å². The summed E-state index contributed by atoms with van der Waals surface area (Å²) >= 11 is 7.92. The maximum Gasteiger partial charge on any atom is 0.320 e. The Morgan fingerprint density at radius 3 is 2.45 bits per heavy atom. The quantitative estimate of drug-likeness (QED) is 0.123. The van der Waals surface area contributed by atoms with Crippen LogP contribution in [0.25, 0.3) is 16.1 Å². The smallest absolute Gasteiger partial charge is 0.320 e. The average Bonchev–Trinajstić information content (AvgIpc) is 3.45. The summed E-state index contributed by atoms with van der Waals surface area (Å²) in [6.07, 6.45) is 2.92. The number of anilines is 1. The number of sulfone groups is 1. The van der Waals surface area contributed by atoms with Crippen LogP contribution in [0.4, 0.5) is 5.69 Å². The standard InChI is InChI=1S/C32H32ClN3O4S2/c1-3-40-32(37)22-36(20-23-10-5-4-6-11-23)21-25(34)19-29(35-28-15-8-7-14-27(28)33)31-17-16-30(41-31)24-12-9-13-26(18-24)42(2,38)39/h4-19,34-35H,3,20-22H2,1-2H3/b29-19-,34-25?. The Labute approximate surface area is 255 Å². The molecule has 0 fully saturated rings. The van der Waals surface area contributed by atoms with Gasteiger partial charge >= 0.3 is 5.97 Å². The van der Waals surface area contributed by atoms with Crippen LogP contribution in [0, 0.1) is 5.41 Å². The van der Waals surface area contributed by atoms with Crippen molar-refractivity contribution in [3.63, 3.8) is 0 Å². The number of benzene rings is 3. The molecule has 4 rings (SSSR count). The van der Waals surface area contributed by atoms with E-state index >= 15 is 0 Å². The monoisotopic (exact) mass is 621 g/mol. The van der Waals surface area contributed by atoms with Gasteiger partial charge in [-0.25, -0.2) is 8.42 Å². The van der Waals surface area contributed by atoms with Crippen molar-refractivity contribution < 1.29 is 17.9 Å². The number of ether oxygens (including phenoxy) is 1. The zero-order valence-electron chi connectivity index (χ0n) is 23.3. The first-order chi connectivity index (χ1) is 20.1. The number of carbonyl (C=O) groups is 1. The maximum absolute atomic E-state index is 12.4. The van der Waals surface area contributed by atoms with E-state index in [1.165, 1.54) is 17.6 Å². The molecule has 0 radical (unpaired) electrons. The number of hydrogen-bond donors (Lipinski definition) is 2. The summed E-state index contributed by atoms with van der Waals surface area (Å²) < 4.78 is 29.4. The molecule has 0 spiro atoms. The van der Waals surface area contributed by atoms with E-state index in [9.17, 15) is 13.2 Å². The van der Waals surface area contributed by atoms with Gasteiger partial charge in [0.25, 0.3) is 0 Å². The number of carbonyl (C=O) groups excluding carboxylic acids is 1. The number of hydrogen-bond acceptors (Lipinski definition) is 8. The predicted molar refractivity (Wildman–Crippen MR) is 172 cm³/mol. The summed E-state index contributed by atoms with van der Waals surface area (Å²) in [4.78, 5) is 16.2. The molecule has 0 aliphatic heterocycles. The van der Waals surface area contributed by atoms with Crippen LogP contribution in [0.2, 0.25) is 5.02 Å². The fraction of sp³-hybridized carbons (Fsp3) is 0.188. The summed E-state index contributed by atoms with van der Waals surface area (Å²) in [5.41, 5.74) is 3.41. The van der Waals surface area contributed by atoms with Crippen LogP contribution in [-0.2, 0) is 25.9 Å². The molecular weight excluding hydrogens is 590 g/mol. The minimum absolute atomic E-state index is 0.0477. The van der Waals surface area contributed by atoms with Crippen LogP contribution in [0.3, 0.4) is 0 Å². The van der Waals surface area contributed by atoms with Crippen molar-refractivity contribution in [1.82, 2.24) is 4.90 Å². The lowest BCUT2D eigenvalue weighted by molar-refractivity contribution is -0.144. The van der Waals surface area contributed by atoms with E-state index < -0.39 is 9.84 Å². The number of nitrogens with one attached hydrogen (secondary N) is 2.